The molecule has 6 aromatic carbocycles. The van der Waals surface area contributed by atoms with E-state index >= 15 is 0 Å². The molecule has 262 valence electrons. The molecule has 0 radical (unpaired) electrons. The molecule has 0 bridgehead atoms. The van der Waals surface area contributed by atoms with Gasteiger partial charge in [0.25, 0.3) is 5.78 Å². The minimum atomic E-state index is -3.51. The highest BCUT2D eigenvalue weighted by Gasteiger charge is 2.91. The van der Waals surface area contributed by atoms with Gasteiger partial charge < -0.3 is 9.26 Å². The Morgan fingerprint density at radius 1 is 0.404 bits per heavy atom. The third-order valence-corrected chi connectivity index (χ3v) is 18.0. The summed E-state index contributed by atoms with van der Waals surface area (Å²) in [6.07, 6.45) is 0. The van der Waals surface area contributed by atoms with Crippen molar-refractivity contribution in [2.75, 3.05) is 0 Å². The van der Waals surface area contributed by atoms with Crippen LogP contribution in [-0.2, 0) is 0 Å². The highest BCUT2D eigenvalue weighted by molar-refractivity contribution is 7.84. The fourth-order valence-electron chi connectivity index (χ4n) is 5.87. The molecule has 0 aliphatic carbocycles. The van der Waals surface area contributed by atoms with E-state index in [1.807, 2.05) is 182 Å². The second-order valence-corrected chi connectivity index (χ2v) is 20.0. The molecule has 0 amide bonds. The molecule has 4 atom stereocenters. The number of rotatable bonds is 12. The Morgan fingerprint density at radius 3 is 1.15 bits per heavy atom. The summed E-state index contributed by atoms with van der Waals surface area (Å²) in [5.41, 5.74) is 0. The number of hydrogen-bond acceptors (Lipinski definition) is 9. The van der Waals surface area contributed by atoms with Gasteiger partial charge in [-0.25, -0.2) is 0 Å². The highest BCUT2D eigenvalue weighted by Crippen LogP contribution is 2.86. The van der Waals surface area contributed by atoms with Crippen LogP contribution in [0.1, 0.15) is 6.92 Å². The van der Waals surface area contributed by atoms with Gasteiger partial charge in [0.2, 0.25) is 5.78 Å². The van der Waals surface area contributed by atoms with E-state index in [2.05, 4.69) is 22.0 Å². The zero-order valence-corrected chi connectivity index (χ0v) is 31.0. The van der Waals surface area contributed by atoms with Crippen molar-refractivity contribution in [3.05, 3.63) is 182 Å². The van der Waals surface area contributed by atoms with Crippen LogP contribution in [0.15, 0.2) is 182 Å². The Morgan fingerprint density at radius 2 is 0.750 bits per heavy atom. The summed E-state index contributed by atoms with van der Waals surface area (Å²) in [4.78, 5) is 3.82. The van der Waals surface area contributed by atoms with Crippen molar-refractivity contribution in [1.82, 2.24) is 15.0 Å². The zero-order valence-electron chi connectivity index (χ0n) is 28.3. The molecule has 2 aliphatic rings. The fraction of sp³-hybridized carbons (Fsp3) is 0.100. The number of nitrogens with one attached hydrogen (secondary N) is 3. The summed E-state index contributed by atoms with van der Waals surface area (Å²) in [5.74, 6) is 2.56. The largest absolute Gasteiger partial charge is 0.562 e. The molecular formula is C40H39N3O6P3+3. The molecular weight excluding hydrogens is 711 g/mol. The number of hydrogen-bond donors (Lipinski definition) is 3. The Labute approximate surface area is 305 Å². The summed E-state index contributed by atoms with van der Waals surface area (Å²) in [6, 6.07) is 58.2. The second-order valence-electron chi connectivity index (χ2n) is 12.2. The van der Waals surface area contributed by atoms with E-state index in [0.717, 1.165) is 5.75 Å². The molecule has 3 N–H and O–H groups in total. The lowest BCUT2D eigenvalue weighted by molar-refractivity contribution is 0.303. The van der Waals surface area contributed by atoms with E-state index in [1.54, 1.807) is 0 Å². The lowest BCUT2D eigenvalue weighted by atomic mass is 10.3. The van der Waals surface area contributed by atoms with Gasteiger partial charge in [-0.2, -0.15) is 0 Å². The van der Waals surface area contributed by atoms with Crippen molar-refractivity contribution >= 4 is 23.5 Å². The molecule has 52 heavy (non-hydrogen) atoms. The van der Waals surface area contributed by atoms with Crippen LogP contribution in [-0.4, -0.2) is 17.4 Å². The lowest BCUT2D eigenvalue weighted by Crippen LogP contribution is -2.47. The smallest absolute Gasteiger partial charge is 0.446 e. The number of para-hydroxylation sites is 6. The predicted octanol–water partition coefficient (Wildman–Crippen LogP) is 10.5. The van der Waals surface area contributed by atoms with Gasteiger partial charge in [0.05, 0.1) is 4.86 Å². The van der Waals surface area contributed by atoms with Crippen molar-refractivity contribution in [2.24, 2.45) is 0 Å². The van der Waals surface area contributed by atoms with E-state index in [0.29, 0.717) is 28.7 Å². The first-order valence-electron chi connectivity index (χ1n) is 17.0. The fourth-order valence-corrected chi connectivity index (χ4v) is 17.0. The molecule has 4 unspecified atom stereocenters. The van der Waals surface area contributed by atoms with E-state index in [9.17, 15) is 0 Å². The van der Waals surface area contributed by atoms with Crippen LogP contribution < -0.4 is 42.4 Å². The maximum Gasteiger partial charge on any atom is 0.562 e. The molecule has 0 spiro atoms. The summed E-state index contributed by atoms with van der Waals surface area (Å²) < 4.78 is 42.3. The van der Waals surface area contributed by atoms with Crippen LogP contribution >= 0.6 is 23.5 Å². The first-order valence-corrected chi connectivity index (χ1v) is 22.2. The minimum Gasteiger partial charge on any atom is -0.446 e. The van der Waals surface area contributed by atoms with Gasteiger partial charge in [-0.15, -0.1) is 5.09 Å². The Balaban J connectivity index is 1.32. The van der Waals surface area contributed by atoms with Crippen molar-refractivity contribution in [3.63, 3.8) is 0 Å². The summed E-state index contributed by atoms with van der Waals surface area (Å²) in [7, 11) is -9.69. The maximum atomic E-state index is 7.11. The summed E-state index contributed by atoms with van der Waals surface area (Å²) in [6.45, 7) is 2.06. The highest BCUT2D eigenvalue weighted by atomic mass is 31.3. The van der Waals surface area contributed by atoms with Crippen LogP contribution in [0.25, 0.3) is 0 Å². The molecule has 0 saturated carbocycles. The number of fused-ring (bicyclic) bond motifs is 1. The van der Waals surface area contributed by atoms with Crippen LogP contribution in [0.4, 0.5) is 0 Å². The topological polar surface area (TPSA) is 91.5 Å². The molecule has 2 saturated heterocycles. The standard InChI is InChI=1S/C40H39N3O6P3/c1-32-41-50(45-34-22-10-3-11-23-34)39(40(50)44-33-20-8-2-9-21-33)42-52(48-37-28-16-6-17-29-37,49-38-30-18-7-19-31-38)43-51(32,46-35-24-12-4-13-25-35)47-36-26-14-5-15-27-36/h2-32,39-43H,1H3/q+3. The molecule has 8 rings (SSSR count). The van der Waals surface area contributed by atoms with E-state index in [4.69, 9.17) is 27.4 Å². The Bertz CT molecular complexity index is 1940. The second kappa shape index (κ2) is 15.1. The van der Waals surface area contributed by atoms with Crippen molar-refractivity contribution in [1.29, 1.82) is 0 Å². The van der Waals surface area contributed by atoms with Crippen LogP contribution in [0.5, 0.6) is 34.5 Å². The Kier molecular flexibility index (Phi) is 9.99. The van der Waals surface area contributed by atoms with Gasteiger partial charge in [0.15, 0.2) is 28.7 Å². The first-order chi connectivity index (χ1) is 25.5. The zero-order chi connectivity index (χ0) is 35.3. The van der Waals surface area contributed by atoms with E-state index in [1.165, 1.54) is 0 Å². The van der Waals surface area contributed by atoms with Gasteiger partial charge in [-0.05, 0) is 79.7 Å². The third-order valence-electron chi connectivity index (χ3n) is 8.37. The lowest BCUT2D eigenvalue weighted by Gasteiger charge is -2.32. The summed E-state index contributed by atoms with van der Waals surface area (Å²) in [5, 5.41) is 7.77. The molecule has 9 nitrogen and oxygen atoms in total. The van der Waals surface area contributed by atoms with Crippen LogP contribution in [0.3, 0.4) is 0 Å². The molecule has 2 fully saturated rings. The van der Waals surface area contributed by atoms with Crippen molar-refractivity contribution < 1.29 is 27.4 Å². The Hall–Kier alpha value is -4.71. The van der Waals surface area contributed by atoms with Gasteiger partial charge in [0, 0.05) is 0 Å². The summed E-state index contributed by atoms with van der Waals surface area (Å²) >= 11 is 0. The predicted molar refractivity (Wildman–Crippen MR) is 210 cm³/mol. The van der Waals surface area contributed by atoms with Crippen molar-refractivity contribution in [2.45, 2.75) is 24.3 Å². The van der Waals surface area contributed by atoms with Crippen molar-refractivity contribution in [3.8, 4) is 34.5 Å². The maximum absolute atomic E-state index is 7.11. The minimum absolute atomic E-state index is 0.376. The molecule has 2 aliphatic heterocycles. The third kappa shape index (κ3) is 7.58. The van der Waals surface area contributed by atoms with Crippen LogP contribution in [0, 0.1) is 0 Å². The van der Waals surface area contributed by atoms with E-state index in [-0.39, 0.29) is 5.78 Å². The number of benzene rings is 6. The quantitative estimate of drug-likeness (QED) is 0.106. The molecule has 12 heteroatoms. The SMILES string of the molecule is CC1N[P+]2(Oc3ccccc3)C(N[P+](Oc3ccccc3)(Oc3ccccc3)N[P+]1(Oc1ccccc1)Oc1ccccc1)C2Oc1ccccc1. The van der Waals surface area contributed by atoms with Gasteiger partial charge in [-0.1, -0.05) is 114 Å². The normalized spacial score (nSPS) is 22.7. The average molecular weight is 751 g/mol. The first kappa shape index (κ1) is 34.4. The van der Waals surface area contributed by atoms with Crippen LogP contribution in [0.2, 0.25) is 0 Å². The van der Waals surface area contributed by atoms with Gasteiger partial charge in [-0.3, -0.25) is 18.1 Å². The number of ether oxygens (including phenoxy) is 1. The molecule has 2 heterocycles. The molecule has 0 aromatic heterocycles. The monoisotopic (exact) mass is 750 g/mol. The average Bonchev–Trinajstić information content (AvgIpc) is 3.72. The van der Waals surface area contributed by atoms with Gasteiger partial charge in [0.1, 0.15) is 5.75 Å². The molecule has 6 aromatic rings. The van der Waals surface area contributed by atoms with Gasteiger partial charge >= 0.3 is 29.4 Å². The van der Waals surface area contributed by atoms with E-state index < -0.39 is 35.2 Å².